The molecule has 1 heterocycles. The lowest BCUT2D eigenvalue weighted by Crippen LogP contribution is -2.45. The maximum Gasteiger partial charge on any atom is 0.248 e. The second-order valence-electron chi connectivity index (χ2n) is 8.64. The number of carbonyl (C=O) groups excluding carboxylic acids is 1. The van der Waals surface area contributed by atoms with Crippen LogP contribution >= 0.6 is 0 Å². The normalized spacial score (nSPS) is 20.7. The van der Waals surface area contributed by atoms with E-state index in [0.717, 1.165) is 25.1 Å². The van der Waals surface area contributed by atoms with Gasteiger partial charge in [0.2, 0.25) is 5.91 Å². The first-order chi connectivity index (χ1) is 12.7. The summed E-state index contributed by atoms with van der Waals surface area (Å²) in [6.45, 7) is 10.2. The molecule has 0 aromatic heterocycles. The smallest absolute Gasteiger partial charge is 0.248 e. The van der Waals surface area contributed by atoms with Crippen molar-refractivity contribution >= 4 is 5.91 Å². The van der Waals surface area contributed by atoms with Crippen LogP contribution < -0.4 is 5.73 Å². The van der Waals surface area contributed by atoms with Gasteiger partial charge in [-0.15, -0.1) is 0 Å². The Morgan fingerprint density at radius 2 is 1.67 bits per heavy atom. The van der Waals surface area contributed by atoms with Crippen LogP contribution in [0.15, 0.2) is 54.6 Å². The average molecular weight is 367 g/mol. The average Bonchev–Trinajstić information content (AvgIpc) is 2.82. The van der Waals surface area contributed by atoms with E-state index in [1.165, 1.54) is 5.56 Å². The van der Waals surface area contributed by atoms with Crippen LogP contribution in [0.4, 0.5) is 0 Å². The number of nitrogens with zero attached hydrogens (tertiary/aromatic N) is 1. The fourth-order valence-electron chi connectivity index (χ4n) is 4.25. The van der Waals surface area contributed by atoms with Crippen LogP contribution in [0.1, 0.15) is 55.6 Å². The highest BCUT2D eigenvalue weighted by Gasteiger charge is 2.48. The third-order valence-electron chi connectivity index (χ3n) is 5.29. The van der Waals surface area contributed by atoms with Crippen LogP contribution in [0.2, 0.25) is 0 Å². The van der Waals surface area contributed by atoms with E-state index >= 15 is 0 Å². The third kappa shape index (κ3) is 4.76. The number of carbonyl (C=O) groups is 1. The molecule has 0 aliphatic carbocycles. The van der Waals surface area contributed by atoms with Crippen molar-refractivity contribution in [3.8, 4) is 0 Å². The molecule has 0 spiro atoms. The lowest BCUT2D eigenvalue weighted by atomic mass is 9.92. The number of nitrogens with two attached hydrogens (primary N) is 1. The van der Waals surface area contributed by atoms with E-state index in [0.29, 0.717) is 5.56 Å². The fourth-order valence-corrected chi connectivity index (χ4v) is 4.25. The molecule has 2 N–H and O–H groups in total. The Labute approximate surface area is 162 Å². The van der Waals surface area contributed by atoms with Crippen LogP contribution in [0.3, 0.4) is 0 Å². The van der Waals surface area contributed by atoms with Crippen molar-refractivity contribution in [2.45, 2.75) is 64.4 Å². The van der Waals surface area contributed by atoms with Gasteiger partial charge < -0.3 is 10.5 Å². The Hall–Kier alpha value is -2.17. The highest BCUT2D eigenvalue weighted by atomic mass is 16.5. The van der Waals surface area contributed by atoms with Crippen LogP contribution in [-0.4, -0.2) is 28.1 Å². The first kappa shape index (κ1) is 19.6. The highest BCUT2D eigenvalue weighted by molar-refractivity contribution is 5.92. The Kier molecular flexibility index (Phi) is 5.41. The van der Waals surface area contributed by atoms with Crippen molar-refractivity contribution < 1.29 is 9.53 Å². The standard InChI is InChI=1S/C23H30N2O2/c1-22(2)14-20(23(3,4)27-22)25(15-17-9-6-5-7-10-17)16-18-11-8-12-19(13-18)21(24)26/h5-13,20H,14-16H2,1-4H3,(H2,24,26)/t20-/m0/s1. The van der Waals surface area contributed by atoms with Crippen LogP contribution in [-0.2, 0) is 17.8 Å². The number of hydrogen-bond acceptors (Lipinski definition) is 3. The predicted octanol–water partition coefficient (Wildman–Crippen LogP) is 4.13. The Balaban J connectivity index is 1.90. The minimum Gasteiger partial charge on any atom is -0.368 e. The van der Waals surface area contributed by atoms with Crippen molar-refractivity contribution in [2.75, 3.05) is 0 Å². The number of rotatable bonds is 6. The molecule has 2 aromatic rings. The molecule has 2 aromatic carbocycles. The van der Waals surface area contributed by atoms with Crippen molar-refractivity contribution in [3.63, 3.8) is 0 Å². The van der Waals surface area contributed by atoms with Crippen LogP contribution in [0.25, 0.3) is 0 Å². The molecule has 4 heteroatoms. The first-order valence-corrected chi connectivity index (χ1v) is 9.53. The van der Waals surface area contributed by atoms with Gasteiger partial charge in [-0.25, -0.2) is 0 Å². The van der Waals surface area contributed by atoms with E-state index in [-0.39, 0.29) is 17.2 Å². The zero-order valence-corrected chi connectivity index (χ0v) is 16.7. The topological polar surface area (TPSA) is 55.6 Å². The van der Waals surface area contributed by atoms with Gasteiger partial charge >= 0.3 is 0 Å². The summed E-state index contributed by atoms with van der Waals surface area (Å²) in [6, 6.07) is 18.4. The summed E-state index contributed by atoms with van der Waals surface area (Å²) >= 11 is 0. The quantitative estimate of drug-likeness (QED) is 0.836. The molecule has 1 aliphatic rings. The van der Waals surface area contributed by atoms with Crippen LogP contribution in [0, 0.1) is 0 Å². The Bertz CT molecular complexity index is 799. The van der Waals surface area contributed by atoms with Gasteiger partial charge in [0, 0.05) is 24.7 Å². The predicted molar refractivity (Wildman–Crippen MR) is 108 cm³/mol. The molecule has 3 rings (SSSR count). The third-order valence-corrected chi connectivity index (χ3v) is 5.29. The molecule has 1 fully saturated rings. The summed E-state index contributed by atoms with van der Waals surface area (Å²) in [5.74, 6) is -0.392. The monoisotopic (exact) mass is 366 g/mol. The molecule has 1 saturated heterocycles. The summed E-state index contributed by atoms with van der Waals surface area (Å²) in [5, 5.41) is 0. The van der Waals surface area contributed by atoms with Crippen molar-refractivity contribution in [1.29, 1.82) is 0 Å². The van der Waals surface area contributed by atoms with Gasteiger partial charge in [0.1, 0.15) is 0 Å². The molecule has 1 atom stereocenters. The van der Waals surface area contributed by atoms with E-state index in [9.17, 15) is 4.79 Å². The summed E-state index contributed by atoms with van der Waals surface area (Å²) in [6.07, 6.45) is 0.961. The van der Waals surface area contributed by atoms with E-state index in [2.05, 4.69) is 62.9 Å². The summed E-state index contributed by atoms with van der Waals surface area (Å²) in [5.41, 5.74) is 7.96. The number of hydrogen-bond donors (Lipinski definition) is 1. The van der Waals surface area contributed by atoms with Crippen molar-refractivity contribution in [1.82, 2.24) is 4.90 Å². The SMILES string of the molecule is CC1(C)C[C@H](N(Cc2ccccc2)Cc2cccc(C(N)=O)c2)C(C)(C)O1. The number of ether oxygens (including phenoxy) is 1. The second-order valence-corrected chi connectivity index (χ2v) is 8.64. The molecule has 0 bridgehead atoms. The largest absolute Gasteiger partial charge is 0.368 e. The van der Waals surface area contributed by atoms with Gasteiger partial charge in [-0.2, -0.15) is 0 Å². The summed E-state index contributed by atoms with van der Waals surface area (Å²) in [7, 11) is 0. The summed E-state index contributed by atoms with van der Waals surface area (Å²) in [4.78, 5) is 14.0. The van der Waals surface area contributed by atoms with Gasteiger partial charge in [-0.05, 0) is 57.4 Å². The van der Waals surface area contributed by atoms with Crippen LogP contribution in [0.5, 0.6) is 0 Å². The second kappa shape index (κ2) is 7.45. The van der Waals surface area contributed by atoms with Gasteiger partial charge in [0.25, 0.3) is 0 Å². The van der Waals surface area contributed by atoms with Crippen molar-refractivity contribution in [3.05, 3.63) is 71.3 Å². The highest BCUT2D eigenvalue weighted by Crippen LogP contribution is 2.41. The molecule has 1 aliphatic heterocycles. The molecular weight excluding hydrogens is 336 g/mol. The fraction of sp³-hybridized carbons (Fsp3) is 0.435. The Morgan fingerprint density at radius 3 is 2.26 bits per heavy atom. The van der Waals surface area contributed by atoms with E-state index in [1.807, 2.05) is 18.2 Å². The molecule has 0 saturated carbocycles. The van der Waals surface area contributed by atoms with Gasteiger partial charge in [0.05, 0.1) is 11.2 Å². The molecule has 144 valence electrons. The van der Waals surface area contributed by atoms with Crippen molar-refractivity contribution in [2.24, 2.45) is 5.73 Å². The zero-order chi connectivity index (χ0) is 19.7. The molecule has 0 radical (unpaired) electrons. The first-order valence-electron chi connectivity index (χ1n) is 9.53. The number of benzene rings is 2. The minimum absolute atomic E-state index is 0.155. The molecule has 0 unspecified atom stereocenters. The lowest BCUT2D eigenvalue weighted by Gasteiger charge is -2.36. The van der Waals surface area contributed by atoms with Gasteiger partial charge in [0.15, 0.2) is 0 Å². The number of amides is 1. The van der Waals surface area contributed by atoms with E-state index in [1.54, 1.807) is 6.07 Å². The van der Waals surface area contributed by atoms with Gasteiger partial charge in [-0.1, -0.05) is 42.5 Å². The lowest BCUT2D eigenvalue weighted by molar-refractivity contribution is -0.0821. The minimum atomic E-state index is -0.392. The number of primary amides is 1. The zero-order valence-electron chi connectivity index (χ0n) is 16.7. The van der Waals surface area contributed by atoms with Gasteiger partial charge in [-0.3, -0.25) is 9.69 Å². The maximum atomic E-state index is 11.6. The molecule has 1 amide bonds. The molecule has 27 heavy (non-hydrogen) atoms. The summed E-state index contributed by atoms with van der Waals surface area (Å²) < 4.78 is 6.35. The van der Waals surface area contributed by atoms with E-state index < -0.39 is 5.91 Å². The molecule has 4 nitrogen and oxygen atoms in total. The maximum absolute atomic E-state index is 11.6. The Morgan fingerprint density at radius 1 is 1.04 bits per heavy atom. The molecular formula is C23H30N2O2. The van der Waals surface area contributed by atoms with E-state index in [4.69, 9.17) is 10.5 Å².